The minimum absolute atomic E-state index is 0.908. The molecule has 108 valence electrons. The van der Waals surface area contributed by atoms with Crippen LogP contribution in [0.3, 0.4) is 0 Å². The third-order valence-electron chi connectivity index (χ3n) is 4.11. The predicted octanol–water partition coefficient (Wildman–Crippen LogP) is 4.92. The van der Waals surface area contributed by atoms with E-state index in [4.69, 9.17) is 4.74 Å². The predicted molar refractivity (Wildman–Crippen MR) is 91.6 cm³/mol. The fourth-order valence-corrected chi connectivity index (χ4v) is 3.02. The molecule has 3 aromatic carbocycles. The number of hydrogen-bond donors (Lipinski definition) is 1. The second-order valence-corrected chi connectivity index (χ2v) is 5.58. The zero-order chi connectivity index (χ0) is 14.9. The molecular formula is C20H17NO. The van der Waals surface area contributed by atoms with Gasteiger partial charge in [-0.25, -0.2) is 0 Å². The van der Waals surface area contributed by atoms with Crippen LogP contribution in [0.2, 0.25) is 0 Å². The normalized spacial score (nSPS) is 11.1. The van der Waals surface area contributed by atoms with Gasteiger partial charge >= 0.3 is 0 Å². The van der Waals surface area contributed by atoms with Crippen molar-refractivity contribution in [2.24, 2.45) is 0 Å². The van der Waals surface area contributed by atoms with E-state index in [0.717, 1.165) is 12.2 Å². The smallest absolute Gasteiger partial charge is 0.119 e. The van der Waals surface area contributed by atoms with E-state index in [1.54, 1.807) is 7.11 Å². The van der Waals surface area contributed by atoms with Crippen LogP contribution >= 0.6 is 0 Å². The lowest BCUT2D eigenvalue weighted by Gasteiger charge is -2.05. The van der Waals surface area contributed by atoms with Gasteiger partial charge < -0.3 is 9.72 Å². The van der Waals surface area contributed by atoms with Crippen molar-refractivity contribution in [2.45, 2.75) is 6.42 Å². The molecule has 2 heteroatoms. The lowest BCUT2D eigenvalue weighted by Crippen LogP contribution is -1.90. The van der Waals surface area contributed by atoms with Gasteiger partial charge in [-0.2, -0.15) is 0 Å². The van der Waals surface area contributed by atoms with E-state index >= 15 is 0 Å². The summed E-state index contributed by atoms with van der Waals surface area (Å²) in [6.45, 7) is 0. The number of fused-ring (bicyclic) bond motifs is 3. The Kier molecular flexibility index (Phi) is 3.08. The Morgan fingerprint density at radius 1 is 0.773 bits per heavy atom. The fraction of sp³-hybridized carbons (Fsp3) is 0.100. The minimum atomic E-state index is 0.908. The average molecular weight is 287 g/mol. The van der Waals surface area contributed by atoms with Gasteiger partial charge in [0.25, 0.3) is 0 Å². The van der Waals surface area contributed by atoms with Gasteiger partial charge in [0, 0.05) is 21.8 Å². The molecule has 0 aliphatic rings. The molecule has 1 heterocycles. The molecule has 0 aliphatic carbocycles. The molecule has 22 heavy (non-hydrogen) atoms. The van der Waals surface area contributed by atoms with Gasteiger partial charge in [0.2, 0.25) is 0 Å². The van der Waals surface area contributed by atoms with Crippen LogP contribution in [-0.2, 0) is 6.42 Å². The van der Waals surface area contributed by atoms with Crippen molar-refractivity contribution in [3.8, 4) is 5.75 Å². The summed E-state index contributed by atoms with van der Waals surface area (Å²) in [5, 5.41) is 2.57. The second-order valence-electron chi connectivity index (χ2n) is 5.58. The molecule has 4 rings (SSSR count). The van der Waals surface area contributed by atoms with Crippen LogP contribution in [0, 0.1) is 0 Å². The quantitative estimate of drug-likeness (QED) is 0.568. The lowest BCUT2D eigenvalue weighted by molar-refractivity contribution is 0.414. The van der Waals surface area contributed by atoms with E-state index < -0.39 is 0 Å². The van der Waals surface area contributed by atoms with Crippen molar-refractivity contribution in [2.75, 3.05) is 7.11 Å². The Balaban J connectivity index is 1.77. The first-order valence-corrected chi connectivity index (χ1v) is 7.46. The van der Waals surface area contributed by atoms with Crippen LogP contribution in [0.5, 0.6) is 5.75 Å². The summed E-state index contributed by atoms with van der Waals surface area (Å²) in [5.41, 5.74) is 4.95. The highest BCUT2D eigenvalue weighted by Crippen LogP contribution is 2.27. The highest BCUT2D eigenvalue weighted by molar-refractivity contribution is 6.07. The molecule has 4 aromatic rings. The molecule has 0 radical (unpaired) electrons. The molecule has 0 spiro atoms. The summed E-state index contributed by atoms with van der Waals surface area (Å²) in [5.74, 6) is 0.908. The number of ether oxygens (including phenoxy) is 1. The molecule has 0 fully saturated rings. The highest BCUT2D eigenvalue weighted by atomic mass is 16.5. The number of para-hydroxylation sites is 1. The highest BCUT2D eigenvalue weighted by Gasteiger charge is 2.05. The minimum Gasteiger partial charge on any atom is -0.497 e. The number of benzene rings is 3. The summed E-state index contributed by atoms with van der Waals surface area (Å²) >= 11 is 0. The maximum Gasteiger partial charge on any atom is 0.119 e. The third kappa shape index (κ3) is 2.23. The van der Waals surface area contributed by atoms with E-state index in [-0.39, 0.29) is 0 Å². The molecule has 0 unspecified atom stereocenters. The first-order chi connectivity index (χ1) is 10.8. The van der Waals surface area contributed by atoms with Gasteiger partial charge in [0.1, 0.15) is 5.75 Å². The summed E-state index contributed by atoms with van der Waals surface area (Å²) in [6.07, 6.45) is 0.909. The zero-order valence-corrected chi connectivity index (χ0v) is 12.5. The summed E-state index contributed by atoms with van der Waals surface area (Å²) < 4.78 is 5.30. The lowest BCUT2D eigenvalue weighted by atomic mass is 10.0. The standard InChI is InChI=1S/C20H17NO/c1-22-16-6-4-5-14(12-16)11-15-9-10-20-18(13-15)17-7-2-3-8-19(17)21-20/h2-10,12-13,21H,11H2,1H3. The van der Waals surface area contributed by atoms with Gasteiger partial charge in [0.05, 0.1) is 7.11 Å². The largest absolute Gasteiger partial charge is 0.497 e. The van der Waals surface area contributed by atoms with Crippen molar-refractivity contribution in [3.05, 3.63) is 77.9 Å². The first-order valence-electron chi connectivity index (χ1n) is 7.46. The summed E-state index contributed by atoms with van der Waals surface area (Å²) in [4.78, 5) is 3.47. The van der Waals surface area contributed by atoms with Crippen molar-refractivity contribution in [3.63, 3.8) is 0 Å². The number of methoxy groups -OCH3 is 1. The molecule has 2 nitrogen and oxygen atoms in total. The molecule has 0 amide bonds. The van der Waals surface area contributed by atoms with Crippen LogP contribution in [-0.4, -0.2) is 12.1 Å². The second kappa shape index (κ2) is 5.23. The van der Waals surface area contributed by atoms with Gasteiger partial charge in [0.15, 0.2) is 0 Å². The van der Waals surface area contributed by atoms with Crippen molar-refractivity contribution < 1.29 is 4.74 Å². The summed E-state index contributed by atoms with van der Waals surface area (Å²) in [6, 6.07) is 23.3. The monoisotopic (exact) mass is 287 g/mol. The maximum absolute atomic E-state index is 5.30. The zero-order valence-electron chi connectivity index (χ0n) is 12.5. The van der Waals surface area contributed by atoms with E-state index in [9.17, 15) is 0 Å². The Bertz CT molecular complexity index is 952. The number of rotatable bonds is 3. The number of nitrogens with one attached hydrogen (secondary N) is 1. The van der Waals surface area contributed by atoms with Crippen LogP contribution < -0.4 is 4.74 Å². The molecule has 1 N–H and O–H groups in total. The van der Waals surface area contributed by atoms with Gasteiger partial charge in [-0.15, -0.1) is 0 Å². The SMILES string of the molecule is COc1cccc(Cc2ccc3[nH]c4ccccc4c3c2)c1. The van der Waals surface area contributed by atoms with Gasteiger partial charge in [-0.1, -0.05) is 36.4 Å². The van der Waals surface area contributed by atoms with Crippen molar-refractivity contribution in [1.82, 2.24) is 4.98 Å². The molecule has 0 aliphatic heterocycles. The molecule has 0 bridgehead atoms. The van der Waals surface area contributed by atoms with Crippen LogP contribution in [0.15, 0.2) is 66.7 Å². The van der Waals surface area contributed by atoms with Crippen molar-refractivity contribution in [1.29, 1.82) is 0 Å². The third-order valence-corrected chi connectivity index (χ3v) is 4.11. The van der Waals surface area contributed by atoms with Crippen LogP contribution in [0.1, 0.15) is 11.1 Å². The van der Waals surface area contributed by atoms with Crippen LogP contribution in [0.25, 0.3) is 21.8 Å². The first kappa shape index (κ1) is 13.0. The topological polar surface area (TPSA) is 25.0 Å². The summed E-state index contributed by atoms with van der Waals surface area (Å²) in [7, 11) is 1.71. The Labute approximate surface area is 129 Å². The number of aromatic amines is 1. The average Bonchev–Trinajstić information content (AvgIpc) is 2.93. The molecular weight excluding hydrogens is 270 g/mol. The maximum atomic E-state index is 5.30. The van der Waals surface area contributed by atoms with Crippen molar-refractivity contribution >= 4 is 21.8 Å². The number of aromatic nitrogens is 1. The van der Waals surface area contributed by atoms with E-state index in [2.05, 4.69) is 59.6 Å². The fourth-order valence-electron chi connectivity index (χ4n) is 3.02. The molecule has 0 saturated carbocycles. The van der Waals surface area contributed by atoms with Gasteiger partial charge in [-0.05, 0) is 47.9 Å². The van der Waals surface area contributed by atoms with Gasteiger partial charge in [-0.3, -0.25) is 0 Å². The Morgan fingerprint density at radius 3 is 2.50 bits per heavy atom. The van der Waals surface area contributed by atoms with Crippen LogP contribution in [0.4, 0.5) is 0 Å². The Hall–Kier alpha value is -2.74. The number of H-pyrrole nitrogens is 1. The van der Waals surface area contributed by atoms with E-state index in [0.29, 0.717) is 0 Å². The van der Waals surface area contributed by atoms with E-state index in [1.807, 2.05) is 12.1 Å². The molecule has 0 saturated heterocycles. The van der Waals surface area contributed by atoms with E-state index in [1.165, 1.54) is 32.9 Å². The molecule has 1 aromatic heterocycles. The molecule has 0 atom stereocenters. The Morgan fingerprint density at radius 2 is 1.59 bits per heavy atom. The number of hydrogen-bond acceptors (Lipinski definition) is 1.